The number of nitriles is 1. The van der Waals surface area contributed by atoms with Gasteiger partial charge in [0.1, 0.15) is 16.9 Å². The fourth-order valence-corrected chi connectivity index (χ4v) is 3.72. The molecule has 0 radical (unpaired) electrons. The summed E-state index contributed by atoms with van der Waals surface area (Å²) in [6.07, 6.45) is 3.99. The van der Waals surface area contributed by atoms with Gasteiger partial charge in [0.15, 0.2) is 0 Å². The molecule has 146 valence electrons. The molecule has 0 aliphatic heterocycles. The molecule has 1 N–H and O–H groups in total. The highest BCUT2D eigenvalue weighted by Gasteiger charge is 2.28. The van der Waals surface area contributed by atoms with Crippen molar-refractivity contribution >= 4 is 17.7 Å². The van der Waals surface area contributed by atoms with E-state index >= 15 is 0 Å². The van der Waals surface area contributed by atoms with Crippen molar-refractivity contribution in [2.45, 2.75) is 29.8 Å². The Kier molecular flexibility index (Phi) is 6.32. The largest absolute Gasteiger partial charge is 0.350 e. The number of benzene rings is 1. The molecule has 1 aromatic heterocycles. The lowest BCUT2D eigenvalue weighted by molar-refractivity contribution is 0.0941. The minimum Gasteiger partial charge on any atom is -0.350 e. The number of thioether (sulfide) groups is 1. The van der Waals surface area contributed by atoms with E-state index in [0.29, 0.717) is 28.6 Å². The Labute approximate surface area is 169 Å². The molecule has 1 amide bonds. The normalized spacial score (nSPS) is 14.6. The van der Waals surface area contributed by atoms with Crippen LogP contribution in [0.1, 0.15) is 52.0 Å². The minimum absolute atomic E-state index is 0.185. The summed E-state index contributed by atoms with van der Waals surface area (Å²) in [6, 6.07) is 10.1. The van der Waals surface area contributed by atoms with Crippen LogP contribution in [0.3, 0.4) is 0 Å². The van der Waals surface area contributed by atoms with Crippen LogP contribution in [-0.2, 0) is 0 Å². The lowest BCUT2D eigenvalue weighted by Gasteiger charge is -2.25. The smallest absolute Gasteiger partial charge is 0.252 e. The summed E-state index contributed by atoms with van der Waals surface area (Å²) in [5.74, 6) is -0.235. The number of carbonyl (C=O) groups excluding carboxylic acids is 1. The highest BCUT2D eigenvalue weighted by molar-refractivity contribution is 7.98. The van der Waals surface area contributed by atoms with Crippen LogP contribution in [0.15, 0.2) is 35.4 Å². The van der Waals surface area contributed by atoms with Gasteiger partial charge in [-0.1, -0.05) is 12.1 Å². The van der Waals surface area contributed by atoms with Crippen molar-refractivity contribution in [3.05, 3.63) is 58.5 Å². The van der Waals surface area contributed by atoms with Gasteiger partial charge in [-0.25, -0.2) is 9.37 Å². The topological polar surface area (TPSA) is 69.0 Å². The second-order valence-electron chi connectivity index (χ2n) is 7.11. The Balaban J connectivity index is 1.84. The molecule has 1 aromatic carbocycles. The van der Waals surface area contributed by atoms with Crippen LogP contribution in [0, 0.1) is 17.1 Å². The predicted molar refractivity (Wildman–Crippen MR) is 108 cm³/mol. The van der Waals surface area contributed by atoms with Crippen LogP contribution in [0.5, 0.6) is 0 Å². The zero-order valence-corrected chi connectivity index (χ0v) is 17.0. The molecule has 5 nitrogen and oxygen atoms in total. The van der Waals surface area contributed by atoms with Crippen LogP contribution in [-0.4, -0.2) is 42.7 Å². The number of pyridine rings is 1. The summed E-state index contributed by atoms with van der Waals surface area (Å²) in [6.45, 7) is 0.301. The van der Waals surface area contributed by atoms with E-state index in [0.717, 1.165) is 24.1 Å². The molecular formula is C21H23FN4OS. The molecule has 2 aromatic rings. The number of carbonyl (C=O) groups is 1. The second-order valence-corrected chi connectivity index (χ2v) is 7.90. The van der Waals surface area contributed by atoms with Gasteiger partial charge in [-0.2, -0.15) is 5.26 Å². The molecule has 0 bridgehead atoms. The van der Waals surface area contributed by atoms with Crippen LogP contribution in [0.25, 0.3) is 0 Å². The van der Waals surface area contributed by atoms with Crippen molar-refractivity contribution in [1.82, 2.24) is 15.2 Å². The molecule has 1 aliphatic rings. The van der Waals surface area contributed by atoms with E-state index in [4.69, 9.17) is 0 Å². The lowest BCUT2D eigenvalue weighted by Crippen LogP contribution is -2.35. The van der Waals surface area contributed by atoms with Crippen molar-refractivity contribution in [2.24, 2.45) is 0 Å². The van der Waals surface area contributed by atoms with Crippen molar-refractivity contribution in [1.29, 1.82) is 5.26 Å². The monoisotopic (exact) mass is 398 g/mol. The number of nitrogens with one attached hydrogen (secondary N) is 1. The maximum atomic E-state index is 13.6. The van der Waals surface area contributed by atoms with E-state index in [9.17, 15) is 14.4 Å². The van der Waals surface area contributed by atoms with Gasteiger partial charge in [0.2, 0.25) is 0 Å². The number of hydrogen-bond donors (Lipinski definition) is 1. The van der Waals surface area contributed by atoms with Crippen LogP contribution >= 0.6 is 11.8 Å². The maximum Gasteiger partial charge on any atom is 0.252 e. The molecule has 1 atom stereocenters. The Bertz CT molecular complexity index is 921. The standard InChI is InChI=1S/C21H23FN4OS/c1-26(2)19(14-5-4-6-15(22)9-14)12-24-20(27)16-10-18(13-7-8-13)25-21(28-3)17(16)11-23/h4-6,9-10,13,19H,7-8,12H2,1-3H3,(H,24,27). The molecule has 1 saturated carbocycles. The number of halogens is 1. The Morgan fingerprint density at radius 1 is 1.43 bits per heavy atom. The zero-order valence-electron chi connectivity index (χ0n) is 16.2. The number of nitrogens with zero attached hydrogens (tertiary/aromatic N) is 3. The molecule has 1 aliphatic carbocycles. The number of aromatic nitrogens is 1. The van der Waals surface area contributed by atoms with E-state index < -0.39 is 0 Å². The number of amides is 1. The van der Waals surface area contributed by atoms with E-state index in [1.807, 2.05) is 31.3 Å². The third-order valence-electron chi connectivity index (χ3n) is 4.86. The van der Waals surface area contributed by atoms with Gasteiger partial charge < -0.3 is 10.2 Å². The molecule has 1 unspecified atom stereocenters. The highest BCUT2D eigenvalue weighted by atomic mass is 32.2. The summed E-state index contributed by atoms with van der Waals surface area (Å²) in [5, 5.41) is 13.1. The van der Waals surface area contributed by atoms with Crippen LogP contribution < -0.4 is 5.32 Å². The first kappa shape index (κ1) is 20.3. The molecule has 0 saturated heterocycles. The molecular weight excluding hydrogens is 375 g/mol. The Morgan fingerprint density at radius 3 is 2.75 bits per heavy atom. The SMILES string of the molecule is CSc1nc(C2CC2)cc(C(=O)NCC(c2cccc(F)c2)N(C)C)c1C#N. The molecule has 1 fully saturated rings. The Morgan fingerprint density at radius 2 is 2.18 bits per heavy atom. The fourth-order valence-electron chi connectivity index (χ4n) is 3.16. The summed E-state index contributed by atoms with van der Waals surface area (Å²) in [4.78, 5) is 19.4. The van der Waals surface area contributed by atoms with Gasteiger partial charge in [-0.3, -0.25) is 4.79 Å². The minimum atomic E-state index is -0.310. The first-order valence-corrected chi connectivity index (χ1v) is 10.4. The second kappa shape index (κ2) is 8.72. The summed E-state index contributed by atoms with van der Waals surface area (Å²) in [7, 11) is 3.76. The highest BCUT2D eigenvalue weighted by Crippen LogP contribution is 2.40. The summed E-state index contributed by atoms with van der Waals surface area (Å²) < 4.78 is 13.6. The molecule has 7 heteroatoms. The van der Waals surface area contributed by atoms with Crippen LogP contribution in [0.2, 0.25) is 0 Å². The third-order valence-corrected chi connectivity index (χ3v) is 5.55. The third kappa shape index (κ3) is 4.51. The first-order chi connectivity index (χ1) is 13.4. The number of likely N-dealkylation sites (N-methyl/N-ethyl adjacent to an activating group) is 1. The van der Waals surface area contributed by atoms with Gasteiger partial charge in [-0.05, 0) is 57.0 Å². The average Bonchev–Trinajstić information content (AvgIpc) is 3.52. The van der Waals surface area contributed by atoms with Crippen LogP contribution in [0.4, 0.5) is 4.39 Å². The summed E-state index contributed by atoms with van der Waals surface area (Å²) >= 11 is 1.38. The van der Waals surface area contributed by atoms with Crippen molar-refractivity contribution in [2.75, 3.05) is 26.9 Å². The van der Waals surface area contributed by atoms with Gasteiger partial charge >= 0.3 is 0 Å². The fraction of sp³-hybridized carbons (Fsp3) is 0.381. The van der Waals surface area contributed by atoms with E-state index in [2.05, 4.69) is 16.4 Å². The quantitative estimate of drug-likeness (QED) is 0.720. The molecule has 1 heterocycles. The van der Waals surface area contributed by atoms with E-state index in [1.165, 1.54) is 23.9 Å². The molecule has 0 spiro atoms. The van der Waals surface area contributed by atoms with E-state index in [1.54, 1.807) is 12.1 Å². The van der Waals surface area contributed by atoms with Gasteiger partial charge in [0.05, 0.1) is 17.2 Å². The average molecular weight is 399 g/mol. The van der Waals surface area contributed by atoms with Crippen molar-refractivity contribution in [3.63, 3.8) is 0 Å². The van der Waals surface area contributed by atoms with Crippen molar-refractivity contribution < 1.29 is 9.18 Å². The number of hydrogen-bond acceptors (Lipinski definition) is 5. The Hall–Kier alpha value is -2.43. The number of rotatable bonds is 7. The maximum absolute atomic E-state index is 13.6. The molecule has 3 rings (SSSR count). The van der Waals surface area contributed by atoms with Crippen molar-refractivity contribution in [3.8, 4) is 6.07 Å². The lowest BCUT2D eigenvalue weighted by atomic mass is 10.0. The molecule has 28 heavy (non-hydrogen) atoms. The predicted octanol–water partition coefficient (Wildman–Crippen LogP) is 3.72. The van der Waals surface area contributed by atoms with Gasteiger partial charge in [-0.15, -0.1) is 11.8 Å². The van der Waals surface area contributed by atoms with Gasteiger partial charge in [0, 0.05) is 18.2 Å². The zero-order chi connectivity index (χ0) is 20.3. The van der Waals surface area contributed by atoms with E-state index in [-0.39, 0.29) is 17.8 Å². The first-order valence-electron chi connectivity index (χ1n) is 9.13. The summed E-state index contributed by atoms with van der Waals surface area (Å²) in [5.41, 5.74) is 2.33. The van der Waals surface area contributed by atoms with Gasteiger partial charge in [0.25, 0.3) is 5.91 Å².